The van der Waals surface area contributed by atoms with Crippen LogP contribution in [0.3, 0.4) is 0 Å². The first-order chi connectivity index (χ1) is 12.8. The highest BCUT2D eigenvalue weighted by Crippen LogP contribution is 2.24. The Balaban J connectivity index is 1.90. The van der Waals surface area contributed by atoms with E-state index >= 15 is 0 Å². The Kier molecular flexibility index (Phi) is 5.63. The maximum atomic E-state index is 12.5. The molecule has 0 aromatic heterocycles. The van der Waals surface area contributed by atoms with E-state index in [0.29, 0.717) is 10.6 Å². The molecule has 138 valence electrons. The Hall–Kier alpha value is -2.63. The fourth-order valence-electron chi connectivity index (χ4n) is 2.52. The summed E-state index contributed by atoms with van der Waals surface area (Å²) in [5.74, 6) is 0.209. The van der Waals surface area contributed by atoms with E-state index in [9.17, 15) is 8.42 Å². The summed E-state index contributed by atoms with van der Waals surface area (Å²) < 4.78 is 30.4. The number of para-hydroxylation sites is 1. The van der Waals surface area contributed by atoms with Gasteiger partial charge in [0.1, 0.15) is 4.90 Å². The summed E-state index contributed by atoms with van der Waals surface area (Å²) in [6, 6.07) is 18.6. The first-order valence-electron chi connectivity index (χ1n) is 8.25. The van der Waals surface area contributed by atoms with E-state index in [0.717, 1.165) is 16.8 Å². The first kappa shape index (κ1) is 19.1. The normalized spacial score (nSPS) is 11.7. The molecule has 0 aliphatic rings. The number of hydrogen-bond donors (Lipinski definition) is 0. The summed E-state index contributed by atoms with van der Waals surface area (Å²) >= 11 is 5.82. The van der Waals surface area contributed by atoms with Gasteiger partial charge >= 0.3 is 10.1 Å². The maximum absolute atomic E-state index is 12.5. The van der Waals surface area contributed by atoms with E-state index in [-0.39, 0.29) is 10.6 Å². The minimum absolute atomic E-state index is 0.0352. The predicted octanol–water partition coefficient (Wildman–Crippen LogP) is 5.48. The van der Waals surface area contributed by atoms with Gasteiger partial charge in [0.15, 0.2) is 5.75 Å². The van der Waals surface area contributed by atoms with Gasteiger partial charge in [0.05, 0.1) is 5.69 Å². The topological polar surface area (TPSA) is 55.7 Å². The molecule has 0 atom stereocenters. The van der Waals surface area contributed by atoms with Crippen molar-refractivity contribution in [3.63, 3.8) is 0 Å². The second-order valence-corrected chi connectivity index (χ2v) is 8.06. The molecule has 27 heavy (non-hydrogen) atoms. The molecule has 0 bridgehead atoms. The molecule has 0 saturated carbocycles. The van der Waals surface area contributed by atoms with Gasteiger partial charge in [0.25, 0.3) is 0 Å². The van der Waals surface area contributed by atoms with E-state index in [1.165, 1.54) is 24.3 Å². The smallest absolute Gasteiger partial charge is 0.339 e. The van der Waals surface area contributed by atoms with Gasteiger partial charge in [-0.3, -0.25) is 4.99 Å². The van der Waals surface area contributed by atoms with Crippen LogP contribution in [0.1, 0.15) is 16.7 Å². The summed E-state index contributed by atoms with van der Waals surface area (Å²) in [7, 11) is -3.97. The molecule has 0 fully saturated rings. The fourth-order valence-corrected chi connectivity index (χ4v) is 3.60. The molecule has 0 N–H and O–H groups in total. The molecule has 0 aliphatic heterocycles. The van der Waals surface area contributed by atoms with Crippen LogP contribution >= 0.6 is 11.6 Å². The molecule has 3 aromatic rings. The molecule has 0 saturated heterocycles. The Labute approximate surface area is 164 Å². The lowest BCUT2D eigenvalue weighted by atomic mass is 10.1. The molecule has 6 heteroatoms. The zero-order valence-electron chi connectivity index (χ0n) is 14.9. The molecule has 0 heterocycles. The second-order valence-electron chi connectivity index (χ2n) is 6.08. The van der Waals surface area contributed by atoms with Crippen molar-refractivity contribution in [2.45, 2.75) is 18.7 Å². The van der Waals surface area contributed by atoms with Crippen molar-refractivity contribution in [1.29, 1.82) is 0 Å². The lowest BCUT2D eigenvalue weighted by Gasteiger charge is -2.09. The molecule has 3 aromatic carbocycles. The third kappa shape index (κ3) is 4.76. The zero-order valence-corrected chi connectivity index (χ0v) is 16.5. The van der Waals surface area contributed by atoms with Gasteiger partial charge in [0, 0.05) is 16.8 Å². The molecular weight excluding hydrogens is 382 g/mol. The van der Waals surface area contributed by atoms with Crippen LogP contribution in [-0.4, -0.2) is 14.6 Å². The average molecular weight is 400 g/mol. The van der Waals surface area contributed by atoms with Crippen LogP contribution in [-0.2, 0) is 10.1 Å². The van der Waals surface area contributed by atoms with Crippen LogP contribution in [0.5, 0.6) is 5.75 Å². The van der Waals surface area contributed by atoms with Crippen LogP contribution in [0, 0.1) is 13.8 Å². The fraction of sp³-hybridized carbons (Fsp3) is 0.0952. The summed E-state index contributed by atoms with van der Waals surface area (Å²) in [6.45, 7) is 4.00. The van der Waals surface area contributed by atoms with E-state index in [4.69, 9.17) is 15.8 Å². The lowest BCUT2D eigenvalue weighted by Crippen LogP contribution is -2.10. The predicted molar refractivity (Wildman–Crippen MR) is 109 cm³/mol. The van der Waals surface area contributed by atoms with Crippen LogP contribution in [0.15, 0.2) is 76.6 Å². The SMILES string of the molecule is Cc1ccc(N=Cc2ccccc2OS(=O)(=O)c2ccc(Cl)cc2)c(C)c1. The number of aliphatic imine (C=N–C) groups is 1. The molecular formula is C21H18ClNO3S. The summed E-state index contributed by atoms with van der Waals surface area (Å²) in [4.78, 5) is 4.51. The number of rotatable bonds is 5. The molecule has 0 radical (unpaired) electrons. The number of aryl methyl sites for hydroxylation is 2. The van der Waals surface area contributed by atoms with Crippen molar-refractivity contribution in [2.24, 2.45) is 4.99 Å². The van der Waals surface area contributed by atoms with Crippen molar-refractivity contribution in [2.75, 3.05) is 0 Å². The van der Waals surface area contributed by atoms with Gasteiger partial charge in [-0.2, -0.15) is 8.42 Å². The van der Waals surface area contributed by atoms with Crippen molar-refractivity contribution in [1.82, 2.24) is 0 Å². The standard InChI is InChI=1S/C21H18ClNO3S/c1-15-7-12-20(16(2)13-15)23-14-17-5-3-4-6-21(17)26-27(24,25)19-10-8-18(22)9-11-19/h3-14H,1-2H3. The van der Waals surface area contributed by atoms with Gasteiger partial charge < -0.3 is 4.18 Å². The van der Waals surface area contributed by atoms with Crippen LogP contribution in [0.25, 0.3) is 0 Å². The number of halogens is 1. The van der Waals surface area contributed by atoms with E-state index in [1.54, 1.807) is 30.5 Å². The Morgan fingerprint density at radius 1 is 0.963 bits per heavy atom. The van der Waals surface area contributed by atoms with E-state index in [1.807, 2.05) is 32.0 Å². The first-order valence-corrected chi connectivity index (χ1v) is 10.0. The summed E-state index contributed by atoms with van der Waals surface area (Å²) in [5, 5.41) is 0.454. The monoisotopic (exact) mass is 399 g/mol. The highest BCUT2D eigenvalue weighted by Gasteiger charge is 2.18. The van der Waals surface area contributed by atoms with Crippen molar-refractivity contribution in [3.8, 4) is 5.75 Å². The van der Waals surface area contributed by atoms with Crippen molar-refractivity contribution < 1.29 is 12.6 Å². The van der Waals surface area contributed by atoms with Crippen molar-refractivity contribution >= 4 is 33.6 Å². The maximum Gasteiger partial charge on any atom is 0.339 e. The molecule has 4 nitrogen and oxygen atoms in total. The van der Waals surface area contributed by atoms with E-state index < -0.39 is 10.1 Å². The number of benzene rings is 3. The Morgan fingerprint density at radius 3 is 2.37 bits per heavy atom. The average Bonchev–Trinajstić information content (AvgIpc) is 2.62. The van der Waals surface area contributed by atoms with Crippen LogP contribution in [0.2, 0.25) is 5.02 Å². The minimum Gasteiger partial charge on any atom is -0.378 e. The molecule has 3 rings (SSSR count). The molecule has 0 unspecified atom stereocenters. The Morgan fingerprint density at radius 2 is 1.67 bits per heavy atom. The second kappa shape index (κ2) is 7.94. The lowest BCUT2D eigenvalue weighted by molar-refractivity contribution is 0.485. The van der Waals surface area contributed by atoms with Crippen LogP contribution < -0.4 is 4.18 Å². The third-order valence-electron chi connectivity index (χ3n) is 3.92. The summed E-state index contributed by atoms with van der Waals surface area (Å²) in [5.41, 5.74) is 3.58. The van der Waals surface area contributed by atoms with Crippen molar-refractivity contribution in [3.05, 3.63) is 88.4 Å². The number of nitrogens with zero attached hydrogens (tertiary/aromatic N) is 1. The van der Waals surface area contributed by atoms with Gasteiger partial charge in [-0.1, -0.05) is 41.4 Å². The van der Waals surface area contributed by atoms with Crippen LogP contribution in [0.4, 0.5) is 5.69 Å². The number of hydrogen-bond acceptors (Lipinski definition) is 4. The van der Waals surface area contributed by atoms with E-state index in [2.05, 4.69) is 4.99 Å². The quantitative estimate of drug-likeness (QED) is 0.422. The minimum atomic E-state index is -3.97. The molecule has 0 aliphatic carbocycles. The van der Waals surface area contributed by atoms with Gasteiger partial charge in [-0.05, 0) is 61.9 Å². The summed E-state index contributed by atoms with van der Waals surface area (Å²) in [6.07, 6.45) is 1.60. The molecule has 0 spiro atoms. The van der Waals surface area contributed by atoms with Gasteiger partial charge in [-0.15, -0.1) is 0 Å². The highest BCUT2D eigenvalue weighted by atomic mass is 35.5. The van der Waals surface area contributed by atoms with Gasteiger partial charge in [-0.25, -0.2) is 0 Å². The highest BCUT2D eigenvalue weighted by molar-refractivity contribution is 7.87. The third-order valence-corrected chi connectivity index (χ3v) is 5.42. The van der Waals surface area contributed by atoms with Gasteiger partial charge in [0.2, 0.25) is 0 Å². The Bertz CT molecular complexity index is 1090. The largest absolute Gasteiger partial charge is 0.378 e. The molecule has 0 amide bonds. The zero-order chi connectivity index (χ0) is 19.4.